The highest BCUT2D eigenvalue weighted by molar-refractivity contribution is 14.1. The summed E-state index contributed by atoms with van der Waals surface area (Å²) in [6.07, 6.45) is 5.75. The summed E-state index contributed by atoms with van der Waals surface area (Å²) in [5, 5.41) is -0.0690. The van der Waals surface area contributed by atoms with Gasteiger partial charge in [-0.05, 0) is 115 Å². The largest absolute Gasteiger partial charge is 0.340 e. The highest BCUT2D eigenvalue weighted by Gasteiger charge is 2.34. The molecule has 0 unspecified atom stereocenters. The van der Waals surface area contributed by atoms with Gasteiger partial charge in [-0.15, -0.1) is 23.2 Å². The second-order valence-corrected chi connectivity index (χ2v) is 12.1. The first kappa shape index (κ1) is 28.7. The van der Waals surface area contributed by atoms with E-state index in [2.05, 4.69) is 82.0 Å². The third kappa shape index (κ3) is 10.8. The highest BCUT2D eigenvalue weighted by atomic mass is 127. The van der Waals surface area contributed by atoms with E-state index in [1.165, 1.54) is 0 Å². The van der Waals surface area contributed by atoms with Gasteiger partial charge in [0.2, 0.25) is 11.6 Å². The molecule has 4 nitrogen and oxygen atoms in total. The lowest BCUT2D eigenvalue weighted by Gasteiger charge is -2.33. The van der Waals surface area contributed by atoms with Crippen molar-refractivity contribution < 1.29 is 18.9 Å². The number of alkyl halides is 2. The van der Waals surface area contributed by atoms with E-state index in [9.17, 15) is 0 Å². The van der Waals surface area contributed by atoms with Crippen LogP contribution in [0.3, 0.4) is 0 Å². The zero-order chi connectivity index (χ0) is 23.5. The van der Waals surface area contributed by atoms with Crippen molar-refractivity contribution in [1.29, 1.82) is 0 Å². The molecule has 0 spiro atoms. The van der Waals surface area contributed by atoms with Gasteiger partial charge in [0, 0.05) is 23.6 Å². The van der Waals surface area contributed by atoms with Crippen LogP contribution >= 0.6 is 68.4 Å². The predicted molar refractivity (Wildman–Crippen MR) is 147 cm³/mol. The van der Waals surface area contributed by atoms with Crippen molar-refractivity contribution in [2.75, 3.05) is 26.4 Å². The van der Waals surface area contributed by atoms with Gasteiger partial charge in [0.1, 0.15) is 0 Å². The minimum atomic E-state index is -0.976. The molecule has 2 aliphatic heterocycles. The lowest BCUT2D eigenvalue weighted by molar-refractivity contribution is -0.233. The summed E-state index contributed by atoms with van der Waals surface area (Å²) in [5.74, 6) is 10.1. The molecule has 0 amide bonds. The molecular formula is C24H30Cl2I2O4. The van der Waals surface area contributed by atoms with Crippen LogP contribution in [-0.2, 0) is 18.9 Å². The van der Waals surface area contributed by atoms with Crippen LogP contribution in [0.15, 0.2) is 20.3 Å². The van der Waals surface area contributed by atoms with Gasteiger partial charge in [0.25, 0.3) is 0 Å². The van der Waals surface area contributed by atoms with Gasteiger partial charge >= 0.3 is 0 Å². The minimum absolute atomic E-state index is 0.0345. The Morgan fingerprint density at radius 3 is 1.41 bits per heavy atom. The van der Waals surface area contributed by atoms with Gasteiger partial charge in [-0.1, -0.05) is 13.2 Å². The van der Waals surface area contributed by atoms with E-state index in [1.807, 2.05) is 0 Å². The van der Waals surface area contributed by atoms with E-state index in [0.29, 0.717) is 52.1 Å². The number of allylic oxidation sites excluding steroid dienone is 2. The van der Waals surface area contributed by atoms with Crippen LogP contribution in [0.2, 0.25) is 0 Å². The van der Waals surface area contributed by atoms with Crippen LogP contribution in [-0.4, -0.2) is 48.8 Å². The maximum Gasteiger partial charge on any atom is 0.234 e. The van der Waals surface area contributed by atoms with Crippen molar-refractivity contribution >= 4 is 68.4 Å². The fourth-order valence-corrected chi connectivity index (χ4v) is 5.51. The minimum Gasteiger partial charge on any atom is -0.340 e. The van der Waals surface area contributed by atoms with Gasteiger partial charge in [-0.3, -0.25) is 0 Å². The summed E-state index contributed by atoms with van der Waals surface area (Å²) in [4.78, 5) is 0. The molecule has 0 bridgehead atoms. The maximum absolute atomic E-state index is 6.43. The van der Waals surface area contributed by atoms with Crippen molar-refractivity contribution in [1.82, 2.24) is 0 Å². The fraction of sp³-hybridized carbons (Fsp3) is 0.667. The third-order valence-corrected chi connectivity index (χ3v) is 6.57. The van der Waals surface area contributed by atoms with E-state index in [4.69, 9.17) is 42.1 Å². The highest BCUT2D eigenvalue weighted by Crippen LogP contribution is 2.29. The molecule has 2 atom stereocenters. The first-order chi connectivity index (χ1) is 15.2. The number of hydrogen-bond acceptors (Lipinski definition) is 4. The monoisotopic (exact) mass is 706 g/mol. The van der Waals surface area contributed by atoms with E-state index < -0.39 is 11.6 Å². The molecule has 0 aliphatic carbocycles. The molecule has 178 valence electrons. The van der Waals surface area contributed by atoms with Gasteiger partial charge in [-0.2, -0.15) is 0 Å². The van der Waals surface area contributed by atoms with Crippen molar-refractivity contribution in [3.8, 4) is 23.7 Å². The lowest BCUT2D eigenvalue weighted by atomic mass is 10.1. The molecule has 2 aliphatic rings. The lowest BCUT2D eigenvalue weighted by Crippen LogP contribution is -2.40. The van der Waals surface area contributed by atoms with E-state index in [-0.39, 0.29) is 10.8 Å². The first-order valence-corrected chi connectivity index (χ1v) is 13.8. The Morgan fingerprint density at radius 1 is 0.750 bits per heavy atom. The molecule has 0 radical (unpaired) electrons. The summed E-state index contributed by atoms with van der Waals surface area (Å²) >= 11 is 17.2. The van der Waals surface area contributed by atoms with Crippen molar-refractivity contribution in [3.63, 3.8) is 0 Å². The average Bonchev–Trinajstić information content (AvgIpc) is 2.75. The Bertz CT molecular complexity index is 689. The number of ether oxygens (including phenoxy) is 4. The molecule has 8 heteroatoms. The summed E-state index contributed by atoms with van der Waals surface area (Å²) in [6.45, 7) is 10.2. The molecule has 0 N–H and O–H groups in total. The maximum atomic E-state index is 6.43. The molecule has 0 saturated carbocycles. The topological polar surface area (TPSA) is 36.9 Å². The third-order valence-electron chi connectivity index (χ3n) is 4.95. The first-order valence-electron chi connectivity index (χ1n) is 10.8. The molecule has 2 saturated heterocycles. The van der Waals surface area contributed by atoms with Gasteiger partial charge in [-0.25, -0.2) is 0 Å². The zero-order valence-electron chi connectivity index (χ0n) is 18.2. The standard InChI is InChI=1S/C24H30Cl2I2O4/c1-19(27)17-21(25)7-11-23(29-13-5-14-30-23)9-3-4-10-24(31-15-6-16-32-24)12-8-22(26)18-20(2)28/h21-22H,1-2,5-8,11-18H2/t21-,22-/m1/s1. The van der Waals surface area contributed by atoms with E-state index in [1.54, 1.807) is 0 Å². The molecule has 2 heterocycles. The quantitative estimate of drug-likeness (QED) is 0.144. The Morgan fingerprint density at radius 2 is 1.09 bits per heavy atom. The summed E-state index contributed by atoms with van der Waals surface area (Å²) in [7, 11) is 0. The van der Waals surface area contributed by atoms with Crippen LogP contribution in [0, 0.1) is 23.7 Å². The van der Waals surface area contributed by atoms with Crippen LogP contribution < -0.4 is 0 Å². The SMILES string of the molecule is C=C(I)C[C@H](Cl)CCC1(C#CC#CC2(CC[C@@H](Cl)CC(=C)I)OCCCO2)OCCCO1. The zero-order valence-corrected chi connectivity index (χ0v) is 24.0. The van der Waals surface area contributed by atoms with Crippen LogP contribution in [0.4, 0.5) is 0 Å². The summed E-state index contributed by atoms with van der Waals surface area (Å²) < 4.78 is 25.7. The predicted octanol–water partition coefficient (Wildman–Crippen LogP) is 6.71. The van der Waals surface area contributed by atoms with E-state index in [0.717, 1.165) is 32.8 Å². The fourth-order valence-electron chi connectivity index (χ4n) is 3.34. The summed E-state index contributed by atoms with van der Waals surface area (Å²) in [5.41, 5.74) is 0. The van der Waals surface area contributed by atoms with Crippen molar-refractivity contribution in [2.24, 2.45) is 0 Å². The number of hydrogen-bond donors (Lipinski definition) is 0. The van der Waals surface area contributed by atoms with Gasteiger partial charge in [0.15, 0.2) is 0 Å². The van der Waals surface area contributed by atoms with Crippen molar-refractivity contribution in [3.05, 3.63) is 20.3 Å². The Labute approximate surface area is 229 Å². The van der Waals surface area contributed by atoms with Crippen LogP contribution in [0.1, 0.15) is 51.4 Å². The van der Waals surface area contributed by atoms with Crippen LogP contribution in [0.25, 0.3) is 0 Å². The summed E-state index contributed by atoms with van der Waals surface area (Å²) in [6, 6.07) is 0. The molecule has 2 fully saturated rings. The smallest absolute Gasteiger partial charge is 0.234 e. The average molecular weight is 707 g/mol. The normalized spacial score (nSPS) is 21.2. The molecule has 2 rings (SSSR count). The number of rotatable bonds is 10. The Balaban J connectivity index is 2.06. The Hall–Kier alpha value is 0.480. The molecule has 0 aromatic rings. The second-order valence-electron chi connectivity index (χ2n) is 7.82. The molecule has 32 heavy (non-hydrogen) atoms. The van der Waals surface area contributed by atoms with E-state index >= 15 is 0 Å². The van der Waals surface area contributed by atoms with Gasteiger partial charge in [0.05, 0.1) is 26.4 Å². The number of halogens is 4. The van der Waals surface area contributed by atoms with Crippen LogP contribution in [0.5, 0.6) is 0 Å². The molecular weight excluding hydrogens is 677 g/mol. The second kappa shape index (κ2) is 14.8. The molecule has 0 aromatic heterocycles. The molecule has 0 aromatic carbocycles. The van der Waals surface area contributed by atoms with Gasteiger partial charge < -0.3 is 18.9 Å². The van der Waals surface area contributed by atoms with Crippen molar-refractivity contribution in [2.45, 2.75) is 73.7 Å². The Kier molecular flexibility index (Phi) is 13.3.